The quantitative estimate of drug-likeness (QED) is 0.156. The molecule has 0 fully saturated rings. The highest BCUT2D eigenvalue weighted by Crippen LogP contribution is 2.48. The molecule has 0 unspecified atom stereocenters. The van der Waals surface area contributed by atoms with Gasteiger partial charge in [0.2, 0.25) is 0 Å². The van der Waals surface area contributed by atoms with Crippen LogP contribution in [0.2, 0.25) is 0 Å². The van der Waals surface area contributed by atoms with Gasteiger partial charge in [0.05, 0.1) is 11.4 Å². The molecule has 0 aliphatic heterocycles. The average molecular weight is 679 g/mol. The van der Waals surface area contributed by atoms with Crippen LogP contribution < -0.4 is 9.80 Å². The first kappa shape index (κ1) is 30.7. The fraction of sp³-hybridized carbons (Fsp3) is 0. The zero-order chi connectivity index (χ0) is 35.1. The van der Waals surface area contributed by atoms with E-state index in [0.29, 0.717) is 0 Å². The Kier molecular flexibility index (Phi) is 7.47. The number of hydrogen-bond acceptors (Lipinski definition) is 3. The summed E-state index contributed by atoms with van der Waals surface area (Å²) in [4.78, 5) is 4.81. The van der Waals surface area contributed by atoms with Gasteiger partial charge in [0, 0.05) is 44.5 Å². The molecule has 9 aromatic carbocycles. The molecule has 1 aromatic heterocycles. The minimum Gasteiger partial charge on any atom is -0.456 e. The summed E-state index contributed by atoms with van der Waals surface area (Å²) in [6, 6.07) is 73.6. The van der Waals surface area contributed by atoms with Crippen LogP contribution in [0.4, 0.5) is 34.1 Å². The number of benzene rings is 9. The third-order valence-electron chi connectivity index (χ3n) is 10.2. The number of nitrogens with zero attached hydrogens (tertiary/aromatic N) is 2. The predicted octanol–water partition coefficient (Wildman–Crippen LogP) is 14.5. The Morgan fingerprint density at radius 3 is 1.68 bits per heavy atom. The molecule has 0 spiro atoms. The lowest BCUT2D eigenvalue weighted by atomic mass is 9.97. The molecule has 0 saturated heterocycles. The fourth-order valence-corrected chi connectivity index (χ4v) is 7.81. The molecule has 10 aromatic rings. The zero-order valence-corrected chi connectivity index (χ0v) is 28.9. The van der Waals surface area contributed by atoms with Crippen molar-refractivity contribution in [3.8, 4) is 11.1 Å². The molecule has 0 bridgehead atoms. The lowest BCUT2D eigenvalue weighted by Gasteiger charge is -2.32. The van der Waals surface area contributed by atoms with Crippen molar-refractivity contribution in [1.82, 2.24) is 0 Å². The summed E-state index contributed by atoms with van der Waals surface area (Å²) in [7, 11) is 0. The van der Waals surface area contributed by atoms with Crippen molar-refractivity contribution >= 4 is 77.6 Å². The van der Waals surface area contributed by atoms with Gasteiger partial charge in [-0.05, 0) is 88.5 Å². The lowest BCUT2D eigenvalue weighted by Crippen LogP contribution is -2.14. The van der Waals surface area contributed by atoms with Crippen LogP contribution in [0.5, 0.6) is 0 Å². The Bertz CT molecular complexity index is 2860. The van der Waals surface area contributed by atoms with Crippen LogP contribution in [-0.4, -0.2) is 0 Å². The van der Waals surface area contributed by atoms with Crippen molar-refractivity contribution in [1.29, 1.82) is 0 Å². The molecule has 250 valence electrons. The van der Waals surface area contributed by atoms with Crippen LogP contribution >= 0.6 is 0 Å². The van der Waals surface area contributed by atoms with Gasteiger partial charge in [0.1, 0.15) is 11.2 Å². The van der Waals surface area contributed by atoms with Crippen LogP contribution in [-0.2, 0) is 0 Å². The Hall–Kier alpha value is -7.10. The normalized spacial score (nSPS) is 11.4. The van der Waals surface area contributed by atoms with Crippen molar-refractivity contribution < 1.29 is 4.42 Å². The molecular weight excluding hydrogens is 645 g/mol. The number of furan rings is 1. The predicted molar refractivity (Wildman–Crippen MR) is 224 cm³/mol. The van der Waals surface area contributed by atoms with Crippen molar-refractivity contribution in [2.45, 2.75) is 0 Å². The summed E-state index contributed by atoms with van der Waals surface area (Å²) >= 11 is 0. The molecule has 53 heavy (non-hydrogen) atoms. The SMILES string of the molecule is c1ccc(-c2ccccc2N(c2cc(N(c3ccccc3)c3ccccc3)c3c(ccc4ccccc43)c2)c2ccc3oc4ccccc4c3c2)cc1. The number of rotatable bonds is 7. The van der Waals surface area contributed by atoms with Crippen LogP contribution in [0.25, 0.3) is 54.6 Å². The molecule has 0 amide bonds. The van der Waals surface area contributed by atoms with E-state index < -0.39 is 0 Å². The highest BCUT2D eigenvalue weighted by Gasteiger charge is 2.23. The lowest BCUT2D eigenvalue weighted by molar-refractivity contribution is 0.669. The van der Waals surface area contributed by atoms with Crippen LogP contribution in [0, 0.1) is 0 Å². The van der Waals surface area contributed by atoms with E-state index in [-0.39, 0.29) is 0 Å². The highest BCUT2D eigenvalue weighted by atomic mass is 16.3. The summed E-state index contributed by atoms with van der Waals surface area (Å²) < 4.78 is 6.31. The Morgan fingerprint density at radius 1 is 0.321 bits per heavy atom. The molecule has 0 saturated carbocycles. The Labute approximate surface area is 308 Å². The van der Waals surface area contributed by atoms with Crippen molar-refractivity contribution in [3.63, 3.8) is 0 Å². The van der Waals surface area contributed by atoms with Crippen LogP contribution in [0.1, 0.15) is 0 Å². The van der Waals surface area contributed by atoms with Crippen molar-refractivity contribution in [3.05, 3.63) is 206 Å². The highest BCUT2D eigenvalue weighted by molar-refractivity contribution is 6.17. The smallest absolute Gasteiger partial charge is 0.135 e. The number of anilines is 6. The second-order valence-corrected chi connectivity index (χ2v) is 13.4. The van der Waals surface area contributed by atoms with Crippen molar-refractivity contribution in [2.24, 2.45) is 0 Å². The molecule has 0 aliphatic carbocycles. The Balaban J connectivity index is 1.31. The van der Waals surface area contributed by atoms with E-state index in [1.807, 2.05) is 12.1 Å². The summed E-state index contributed by atoms with van der Waals surface area (Å²) in [5.41, 5.74) is 10.5. The van der Waals surface area contributed by atoms with E-state index >= 15 is 0 Å². The molecule has 10 rings (SSSR count). The summed E-state index contributed by atoms with van der Waals surface area (Å²) in [6.45, 7) is 0. The van der Waals surface area contributed by atoms with Gasteiger partial charge in [0.25, 0.3) is 0 Å². The second kappa shape index (κ2) is 12.9. The minimum atomic E-state index is 0.872. The Morgan fingerprint density at radius 2 is 0.906 bits per heavy atom. The molecule has 0 atom stereocenters. The van der Waals surface area contributed by atoms with E-state index in [1.54, 1.807) is 0 Å². The van der Waals surface area contributed by atoms with Crippen molar-refractivity contribution in [2.75, 3.05) is 9.80 Å². The fourth-order valence-electron chi connectivity index (χ4n) is 7.81. The molecule has 1 heterocycles. The number of fused-ring (bicyclic) bond motifs is 6. The molecular formula is C50H34N2O. The van der Waals surface area contributed by atoms with Gasteiger partial charge in [0.15, 0.2) is 0 Å². The number of para-hydroxylation sites is 4. The molecule has 0 N–H and O–H groups in total. The monoisotopic (exact) mass is 678 g/mol. The second-order valence-electron chi connectivity index (χ2n) is 13.4. The van der Waals surface area contributed by atoms with Gasteiger partial charge >= 0.3 is 0 Å². The third-order valence-corrected chi connectivity index (χ3v) is 10.2. The third kappa shape index (κ3) is 5.38. The summed E-state index contributed by atoms with van der Waals surface area (Å²) in [5, 5.41) is 6.97. The van der Waals surface area contributed by atoms with E-state index in [4.69, 9.17) is 4.42 Å². The molecule has 0 aliphatic rings. The standard InChI is InChI=1S/C50H34N2O/c1-4-16-35(17-5-1)42-23-12-14-26-46(42)52(40-30-31-49-45(33-40)44-25-13-15-27-48(44)53-49)41-32-37-29-28-36-18-10-11-24-43(36)50(37)47(34-41)51(38-19-6-2-7-20-38)39-21-8-3-9-22-39/h1-34H. The van der Waals surface area contributed by atoms with Crippen LogP contribution in [0.15, 0.2) is 211 Å². The molecule has 0 radical (unpaired) electrons. The maximum Gasteiger partial charge on any atom is 0.135 e. The number of hydrogen-bond donors (Lipinski definition) is 0. The molecule has 3 heteroatoms. The van der Waals surface area contributed by atoms with Crippen LogP contribution in [0.3, 0.4) is 0 Å². The zero-order valence-electron chi connectivity index (χ0n) is 28.9. The average Bonchev–Trinajstić information content (AvgIpc) is 3.60. The summed E-state index contributed by atoms with van der Waals surface area (Å²) in [6.07, 6.45) is 0. The minimum absolute atomic E-state index is 0.872. The van der Waals surface area contributed by atoms with Gasteiger partial charge < -0.3 is 14.2 Å². The van der Waals surface area contributed by atoms with E-state index in [0.717, 1.165) is 72.6 Å². The van der Waals surface area contributed by atoms with Gasteiger partial charge in [-0.1, -0.05) is 140 Å². The van der Waals surface area contributed by atoms with E-state index in [2.05, 4.69) is 204 Å². The molecule has 3 nitrogen and oxygen atoms in total. The maximum absolute atomic E-state index is 6.31. The van der Waals surface area contributed by atoms with Gasteiger partial charge in [-0.2, -0.15) is 0 Å². The maximum atomic E-state index is 6.31. The largest absolute Gasteiger partial charge is 0.456 e. The first-order valence-electron chi connectivity index (χ1n) is 18.0. The topological polar surface area (TPSA) is 19.6 Å². The van der Waals surface area contributed by atoms with Gasteiger partial charge in [-0.15, -0.1) is 0 Å². The first-order valence-corrected chi connectivity index (χ1v) is 18.0. The van der Waals surface area contributed by atoms with Gasteiger partial charge in [-0.25, -0.2) is 0 Å². The summed E-state index contributed by atoms with van der Waals surface area (Å²) in [5.74, 6) is 0. The first-order chi connectivity index (χ1) is 26.3. The van der Waals surface area contributed by atoms with E-state index in [9.17, 15) is 0 Å². The van der Waals surface area contributed by atoms with E-state index in [1.165, 1.54) is 16.2 Å². The van der Waals surface area contributed by atoms with Gasteiger partial charge in [-0.3, -0.25) is 0 Å².